The van der Waals surface area contributed by atoms with Crippen LogP contribution < -0.4 is 14.4 Å². The van der Waals surface area contributed by atoms with E-state index in [9.17, 15) is 4.79 Å². The van der Waals surface area contributed by atoms with E-state index in [1.54, 1.807) is 24.9 Å². The molecule has 0 saturated carbocycles. The topological polar surface area (TPSA) is 42.0 Å². The molecule has 154 valence electrons. The number of para-hydroxylation sites is 1. The molecular weight excluding hydrogens is 384 g/mol. The van der Waals surface area contributed by atoms with Crippen LogP contribution in [0.15, 0.2) is 53.4 Å². The van der Waals surface area contributed by atoms with Crippen LogP contribution >= 0.6 is 11.8 Å². The largest absolute Gasteiger partial charge is 0.493 e. The van der Waals surface area contributed by atoms with Gasteiger partial charge in [0.15, 0.2) is 11.5 Å². The van der Waals surface area contributed by atoms with Gasteiger partial charge in [-0.1, -0.05) is 30.4 Å². The molecule has 0 aromatic heterocycles. The molecule has 0 unspecified atom stereocenters. The minimum absolute atomic E-state index is 0.356. The number of nitrogens with zero attached hydrogens (tertiary/aromatic N) is 2. The Balaban J connectivity index is 1.54. The van der Waals surface area contributed by atoms with Crippen molar-refractivity contribution in [3.8, 4) is 11.5 Å². The van der Waals surface area contributed by atoms with Gasteiger partial charge in [0.05, 0.1) is 12.8 Å². The summed E-state index contributed by atoms with van der Waals surface area (Å²) in [5.74, 6) is 0.646. The summed E-state index contributed by atoms with van der Waals surface area (Å²) in [4.78, 5) is 17.4. The third-order valence-electron chi connectivity index (χ3n) is 4.91. The number of carbonyl (C=O) groups excluding carboxylic acids is 1. The van der Waals surface area contributed by atoms with Crippen LogP contribution in [0.5, 0.6) is 11.5 Å². The zero-order valence-electron chi connectivity index (χ0n) is 17.3. The molecular formula is C23H28N2O3S. The fourth-order valence-corrected chi connectivity index (χ4v) is 4.05. The number of hydrogen-bond acceptors (Lipinski definition) is 6. The summed E-state index contributed by atoms with van der Waals surface area (Å²) >= 11 is 1.80. The molecule has 1 aliphatic rings. The number of ether oxygens (including phenoxy) is 2. The Hall–Kier alpha value is -2.44. The predicted molar refractivity (Wildman–Crippen MR) is 120 cm³/mol. The van der Waals surface area contributed by atoms with Gasteiger partial charge in [0, 0.05) is 44.5 Å². The van der Waals surface area contributed by atoms with Gasteiger partial charge in [-0.2, -0.15) is 0 Å². The van der Waals surface area contributed by atoms with Gasteiger partial charge in [0.2, 0.25) is 0 Å². The average molecular weight is 413 g/mol. The first-order valence-corrected chi connectivity index (χ1v) is 11.0. The highest BCUT2D eigenvalue weighted by molar-refractivity contribution is 7.98. The van der Waals surface area contributed by atoms with Crippen LogP contribution in [0.4, 0.5) is 5.69 Å². The molecule has 5 nitrogen and oxygen atoms in total. The van der Waals surface area contributed by atoms with Crippen LogP contribution in [0.2, 0.25) is 0 Å². The zero-order chi connectivity index (χ0) is 20.6. The quantitative estimate of drug-likeness (QED) is 0.386. The van der Waals surface area contributed by atoms with Crippen molar-refractivity contribution in [2.45, 2.75) is 11.8 Å². The number of piperazine rings is 1. The van der Waals surface area contributed by atoms with E-state index >= 15 is 0 Å². The van der Waals surface area contributed by atoms with Gasteiger partial charge in [0.1, 0.15) is 0 Å². The third-order valence-corrected chi connectivity index (χ3v) is 5.70. The molecule has 0 atom stereocenters. The normalized spacial score (nSPS) is 14.9. The summed E-state index contributed by atoms with van der Waals surface area (Å²) < 4.78 is 10.5. The number of esters is 1. The Morgan fingerprint density at radius 1 is 1.10 bits per heavy atom. The number of rotatable bonds is 7. The number of carbonyl (C=O) groups is 1. The molecule has 2 aromatic carbocycles. The van der Waals surface area contributed by atoms with E-state index in [4.69, 9.17) is 9.47 Å². The standard InChI is InChI=1S/C23H28N2O3S/c1-18(26)28-21-11-10-19(17-22(21)27-2)7-6-12-24-13-15-25(16-14-24)20-8-4-5-9-23(20)29-3/h4-11,17H,12-16H2,1-3H3/b7-6-. The van der Waals surface area contributed by atoms with Crippen LogP contribution in [-0.2, 0) is 4.79 Å². The molecule has 2 aromatic rings. The zero-order valence-corrected chi connectivity index (χ0v) is 18.1. The highest BCUT2D eigenvalue weighted by atomic mass is 32.2. The van der Waals surface area contributed by atoms with Crippen molar-refractivity contribution in [3.63, 3.8) is 0 Å². The van der Waals surface area contributed by atoms with Crippen molar-refractivity contribution in [1.82, 2.24) is 4.90 Å². The van der Waals surface area contributed by atoms with E-state index in [0.29, 0.717) is 11.5 Å². The van der Waals surface area contributed by atoms with Gasteiger partial charge in [-0.25, -0.2) is 0 Å². The summed E-state index contributed by atoms with van der Waals surface area (Å²) in [6, 6.07) is 14.2. The smallest absolute Gasteiger partial charge is 0.308 e. The molecule has 1 saturated heterocycles. The minimum atomic E-state index is -0.356. The molecule has 3 rings (SSSR count). The maximum Gasteiger partial charge on any atom is 0.308 e. The lowest BCUT2D eigenvalue weighted by Crippen LogP contribution is -2.46. The Kier molecular flexibility index (Phi) is 7.61. The molecule has 29 heavy (non-hydrogen) atoms. The van der Waals surface area contributed by atoms with E-state index in [2.05, 4.69) is 52.5 Å². The second-order valence-corrected chi connectivity index (χ2v) is 7.71. The summed E-state index contributed by atoms with van der Waals surface area (Å²) in [5.41, 5.74) is 2.36. The average Bonchev–Trinajstić information content (AvgIpc) is 2.75. The SMILES string of the molecule is COc1cc(/C=C\CN2CCN(c3ccccc3SC)CC2)ccc1OC(C)=O. The van der Waals surface area contributed by atoms with Crippen molar-refractivity contribution in [1.29, 1.82) is 0 Å². The van der Waals surface area contributed by atoms with Crippen LogP contribution in [0.3, 0.4) is 0 Å². The second-order valence-electron chi connectivity index (χ2n) is 6.87. The van der Waals surface area contributed by atoms with E-state index in [0.717, 1.165) is 38.3 Å². The number of benzene rings is 2. The van der Waals surface area contributed by atoms with Gasteiger partial charge in [-0.3, -0.25) is 9.69 Å². The molecule has 0 amide bonds. The van der Waals surface area contributed by atoms with Crippen molar-refractivity contribution >= 4 is 29.5 Å². The lowest BCUT2D eigenvalue weighted by Gasteiger charge is -2.36. The van der Waals surface area contributed by atoms with Gasteiger partial charge in [-0.15, -0.1) is 11.8 Å². The Morgan fingerprint density at radius 2 is 1.86 bits per heavy atom. The molecule has 0 N–H and O–H groups in total. The molecule has 0 radical (unpaired) electrons. The first-order chi connectivity index (χ1) is 14.1. The first kappa shape index (κ1) is 21.3. The fraction of sp³-hybridized carbons (Fsp3) is 0.348. The molecule has 0 bridgehead atoms. The predicted octanol–water partition coefficient (Wildman–Crippen LogP) is 4.18. The van der Waals surface area contributed by atoms with Crippen molar-refractivity contribution in [3.05, 3.63) is 54.1 Å². The molecule has 0 aliphatic carbocycles. The molecule has 6 heteroatoms. The number of thioether (sulfide) groups is 1. The third kappa shape index (κ3) is 5.78. The minimum Gasteiger partial charge on any atom is -0.493 e. The fourth-order valence-electron chi connectivity index (χ4n) is 3.43. The van der Waals surface area contributed by atoms with Gasteiger partial charge in [0.25, 0.3) is 0 Å². The summed E-state index contributed by atoms with van der Waals surface area (Å²) in [7, 11) is 1.57. The van der Waals surface area contributed by atoms with E-state index < -0.39 is 0 Å². The lowest BCUT2D eigenvalue weighted by atomic mass is 10.2. The van der Waals surface area contributed by atoms with Crippen molar-refractivity contribution in [2.75, 3.05) is 51.0 Å². The Labute approximate surface area is 177 Å². The lowest BCUT2D eigenvalue weighted by molar-refractivity contribution is -0.132. The maximum absolute atomic E-state index is 11.2. The Bertz CT molecular complexity index is 861. The van der Waals surface area contributed by atoms with Crippen LogP contribution in [0.25, 0.3) is 6.08 Å². The molecule has 1 heterocycles. The van der Waals surface area contributed by atoms with E-state index in [1.165, 1.54) is 17.5 Å². The highest BCUT2D eigenvalue weighted by Crippen LogP contribution is 2.30. The molecule has 1 aliphatic heterocycles. The highest BCUT2D eigenvalue weighted by Gasteiger charge is 2.18. The van der Waals surface area contributed by atoms with E-state index in [-0.39, 0.29) is 5.97 Å². The summed E-state index contributed by atoms with van der Waals surface area (Å²) in [6.07, 6.45) is 6.38. The summed E-state index contributed by atoms with van der Waals surface area (Å²) in [6.45, 7) is 6.45. The van der Waals surface area contributed by atoms with E-state index in [1.807, 2.05) is 12.1 Å². The monoisotopic (exact) mass is 412 g/mol. The second kappa shape index (κ2) is 10.4. The Morgan fingerprint density at radius 3 is 2.55 bits per heavy atom. The van der Waals surface area contributed by atoms with Crippen LogP contribution in [-0.4, -0.2) is 57.0 Å². The number of hydrogen-bond donors (Lipinski definition) is 0. The molecule has 0 spiro atoms. The van der Waals surface area contributed by atoms with Crippen LogP contribution in [0, 0.1) is 0 Å². The van der Waals surface area contributed by atoms with Crippen LogP contribution in [0.1, 0.15) is 12.5 Å². The van der Waals surface area contributed by atoms with Crippen molar-refractivity contribution in [2.24, 2.45) is 0 Å². The van der Waals surface area contributed by atoms with Crippen molar-refractivity contribution < 1.29 is 14.3 Å². The first-order valence-electron chi connectivity index (χ1n) is 9.74. The molecule has 1 fully saturated rings. The summed E-state index contributed by atoms with van der Waals surface area (Å²) in [5, 5.41) is 0. The van der Waals surface area contributed by atoms with Gasteiger partial charge in [-0.05, 0) is 36.1 Å². The number of methoxy groups -OCH3 is 1. The number of anilines is 1. The maximum atomic E-state index is 11.2. The van der Waals surface area contributed by atoms with Gasteiger partial charge >= 0.3 is 5.97 Å². The van der Waals surface area contributed by atoms with Gasteiger partial charge < -0.3 is 14.4 Å².